The van der Waals surface area contributed by atoms with Crippen LogP contribution in [0.1, 0.15) is 28.8 Å². The molecule has 0 saturated carbocycles. The molecule has 0 bridgehead atoms. The minimum absolute atomic E-state index is 0.0373. The molecule has 1 unspecified atom stereocenters. The molecule has 1 N–H and O–H groups in total. The van der Waals surface area contributed by atoms with E-state index in [9.17, 15) is 9.59 Å². The van der Waals surface area contributed by atoms with Crippen molar-refractivity contribution in [3.8, 4) is 0 Å². The summed E-state index contributed by atoms with van der Waals surface area (Å²) in [7, 11) is 1.63. The molecule has 1 aromatic heterocycles. The number of ether oxygens (including phenoxy) is 1. The number of aromatic nitrogens is 1. The van der Waals surface area contributed by atoms with Crippen LogP contribution in [-0.4, -0.2) is 41.9 Å². The summed E-state index contributed by atoms with van der Waals surface area (Å²) >= 11 is 1.39. The maximum Gasteiger partial charge on any atom is 0.253 e. The number of thiazole rings is 1. The molecule has 0 aliphatic carbocycles. The molecule has 0 radical (unpaired) electrons. The maximum absolute atomic E-state index is 12.8. The number of methoxy groups -OCH3 is 1. The van der Waals surface area contributed by atoms with E-state index >= 15 is 0 Å². The summed E-state index contributed by atoms with van der Waals surface area (Å²) in [6, 6.07) is 7.45. The van der Waals surface area contributed by atoms with Gasteiger partial charge in [-0.2, -0.15) is 0 Å². The van der Waals surface area contributed by atoms with Gasteiger partial charge in [0.15, 0.2) is 5.13 Å². The van der Waals surface area contributed by atoms with E-state index in [1.807, 2.05) is 23.6 Å². The Balaban J connectivity index is 1.65. The molecule has 0 spiro atoms. The number of hydrogen-bond donors (Lipinski definition) is 1. The van der Waals surface area contributed by atoms with Gasteiger partial charge in [0.05, 0.1) is 12.5 Å². The normalized spacial score (nSPS) is 17.3. The zero-order valence-electron chi connectivity index (χ0n) is 14.1. The molecule has 1 aliphatic rings. The van der Waals surface area contributed by atoms with E-state index in [-0.39, 0.29) is 17.7 Å². The van der Waals surface area contributed by atoms with Crippen molar-refractivity contribution >= 4 is 28.3 Å². The van der Waals surface area contributed by atoms with Crippen LogP contribution in [-0.2, 0) is 16.1 Å². The monoisotopic (exact) mass is 359 g/mol. The lowest BCUT2D eigenvalue weighted by Crippen LogP contribution is -2.43. The fourth-order valence-electron chi connectivity index (χ4n) is 3.01. The van der Waals surface area contributed by atoms with Crippen molar-refractivity contribution in [2.24, 2.45) is 5.92 Å². The smallest absolute Gasteiger partial charge is 0.253 e. The van der Waals surface area contributed by atoms with Crippen LogP contribution in [0.4, 0.5) is 5.13 Å². The molecule has 3 rings (SSSR count). The van der Waals surface area contributed by atoms with Crippen LogP contribution < -0.4 is 5.32 Å². The van der Waals surface area contributed by atoms with Gasteiger partial charge >= 0.3 is 0 Å². The average molecular weight is 359 g/mol. The molecule has 2 amide bonds. The number of likely N-dealkylation sites (tertiary alicyclic amines) is 1. The van der Waals surface area contributed by atoms with E-state index < -0.39 is 0 Å². The Morgan fingerprint density at radius 2 is 2.32 bits per heavy atom. The number of nitrogens with zero attached hydrogens (tertiary/aromatic N) is 2. The molecule has 1 atom stereocenters. The van der Waals surface area contributed by atoms with Gasteiger partial charge in [-0.1, -0.05) is 12.1 Å². The average Bonchev–Trinajstić information content (AvgIpc) is 3.15. The summed E-state index contributed by atoms with van der Waals surface area (Å²) in [6.45, 7) is 1.58. The number of anilines is 1. The van der Waals surface area contributed by atoms with Gasteiger partial charge in [-0.05, 0) is 30.5 Å². The van der Waals surface area contributed by atoms with Crippen LogP contribution in [0.3, 0.4) is 0 Å². The van der Waals surface area contributed by atoms with Crippen molar-refractivity contribution in [2.75, 3.05) is 25.5 Å². The van der Waals surface area contributed by atoms with E-state index in [0.717, 1.165) is 18.4 Å². The number of nitrogens with one attached hydrogen (secondary N) is 1. The Labute approximate surface area is 150 Å². The maximum atomic E-state index is 12.8. The molecular formula is C18H21N3O3S. The molecule has 6 nitrogen and oxygen atoms in total. The first kappa shape index (κ1) is 17.6. The van der Waals surface area contributed by atoms with Crippen LogP contribution in [0.5, 0.6) is 0 Å². The third-order valence-corrected chi connectivity index (χ3v) is 4.92. The topological polar surface area (TPSA) is 71.5 Å². The zero-order chi connectivity index (χ0) is 17.6. The van der Waals surface area contributed by atoms with E-state index in [2.05, 4.69) is 10.3 Å². The minimum Gasteiger partial charge on any atom is -0.380 e. The fourth-order valence-corrected chi connectivity index (χ4v) is 3.54. The molecule has 2 aromatic rings. The number of amides is 2. The molecule has 1 aromatic carbocycles. The van der Waals surface area contributed by atoms with Crippen LogP contribution in [0.2, 0.25) is 0 Å². The molecule has 2 heterocycles. The van der Waals surface area contributed by atoms with Crippen molar-refractivity contribution in [1.29, 1.82) is 0 Å². The molecule has 1 saturated heterocycles. The second-order valence-electron chi connectivity index (χ2n) is 6.05. The minimum atomic E-state index is -0.205. The van der Waals surface area contributed by atoms with E-state index in [1.165, 1.54) is 11.3 Å². The van der Waals surface area contributed by atoms with Crippen molar-refractivity contribution in [3.05, 3.63) is 47.0 Å². The number of hydrogen-bond acceptors (Lipinski definition) is 5. The summed E-state index contributed by atoms with van der Waals surface area (Å²) in [5.74, 6) is -0.311. The second kappa shape index (κ2) is 8.22. The standard InChI is InChI=1S/C18H21N3O3S/c1-24-12-13-4-2-5-14(10-13)17(23)21-8-3-6-15(11-21)16(22)20-18-19-7-9-25-18/h2,4-5,7,9-10,15H,3,6,8,11-12H2,1H3,(H,19,20,22). The number of carbonyl (C=O) groups is 2. The highest BCUT2D eigenvalue weighted by molar-refractivity contribution is 7.13. The highest BCUT2D eigenvalue weighted by atomic mass is 32.1. The number of rotatable bonds is 5. The van der Waals surface area contributed by atoms with Gasteiger partial charge in [0.25, 0.3) is 5.91 Å². The van der Waals surface area contributed by atoms with Crippen LogP contribution in [0.25, 0.3) is 0 Å². The molecule has 1 aliphatic heterocycles. The quantitative estimate of drug-likeness (QED) is 0.891. The third-order valence-electron chi connectivity index (χ3n) is 4.23. The van der Waals surface area contributed by atoms with Gasteiger partial charge in [0, 0.05) is 37.3 Å². The Hall–Kier alpha value is -2.25. The van der Waals surface area contributed by atoms with Crippen molar-refractivity contribution in [3.63, 3.8) is 0 Å². The number of benzene rings is 1. The van der Waals surface area contributed by atoms with Crippen molar-refractivity contribution < 1.29 is 14.3 Å². The van der Waals surface area contributed by atoms with Crippen molar-refractivity contribution in [2.45, 2.75) is 19.4 Å². The van der Waals surface area contributed by atoms with Crippen LogP contribution in [0.15, 0.2) is 35.8 Å². The highest BCUT2D eigenvalue weighted by Gasteiger charge is 2.29. The number of carbonyl (C=O) groups excluding carboxylic acids is 2. The molecule has 7 heteroatoms. The summed E-state index contributed by atoms with van der Waals surface area (Å²) < 4.78 is 5.12. The molecule has 1 fully saturated rings. The van der Waals surface area contributed by atoms with Gasteiger partial charge in [-0.15, -0.1) is 11.3 Å². The summed E-state index contributed by atoms with van der Waals surface area (Å²) in [6.07, 6.45) is 3.26. The second-order valence-corrected chi connectivity index (χ2v) is 6.94. The predicted octanol–water partition coefficient (Wildman–Crippen LogP) is 2.78. The van der Waals surface area contributed by atoms with E-state index in [0.29, 0.717) is 30.4 Å². The molecule has 132 valence electrons. The molecular weight excluding hydrogens is 338 g/mol. The first-order valence-corrected chi connectivity index (χ1v) is 9.13. The Morgan fingerprint density at radius 3 is 3.08 bits per heavy atom. The van der Waals surface area contributed by atoms with Gasteiger partial charge in [0.1, 0.15) is 0 Å². The summed E-state index contributed by atoms with van der Waals surface area (Å²) in [4.78, 5) is 31.0. The predicted molar refractivity (Wildman–Crippen MR) is 96.5 cm³/mol. The highest BCUT2D eigenvalue weighted by Crippen LogP contribution is 2.21. The lowest BCUT2D eigenvalue weighted by molar-refractivity contribution is -0.121. The Kier molecular flexibility index (Phi) is 5.78. The van der Waals surface area contributed by atoms with Gasteiger partial charge in [-0.25, -0.2) is 4.98 Å². The van der Waals surface area contributed by atoms with Crippen LogP contribution in [0, 0.1) is 5.92 Å². The lowest BCUT2D eigenvalue weighted by atomic mass is 9.96. The van der Waals surface area contributed by atoms with Crippen molar-refractivity contribution in [1.82, 2.24) is 9.88 Å². The van der Waals surface area contributed by atoms with E-state index in [1.54, 1.807) is 24.3 Å². The van der Waals surface area contributed by atoms with Crippen LogP contribution >= 0.6 is 11.3 Å². The SMILES string of the molecule is COCc1cccc(C(=O)N2CCCC(C(=O)Nc3nccs3)C2)c1. The Bertz CT molecular complexity index is 733. The largest absolute Gasteiger partial charge is 0.380 e. The summed E-state index contributed by atoms with van der Waals surface area (Å²) in [5, 5.41) is 5.25. The zero-order valence-corrected chi connectivity index (χ0v) is 14.9. The molecule has 25 heavy (non-hydrogen) atoms. The van der Waals surface area contributed by atoms with Gasteiger partial charge in [0.2, 0.25) is 5.91 Å². The number of piperidine rings is 1. The van der Waals surface area contributed by atoms with Gasteiger partial charge in [-0.3, -0.25) is 9.59 Å². The first-order valence-electron chi connectivity index (χ1n) is 8.25. The Morgan fingerprint density at radius 1 is 1.44 bits per heavy atom. The first-order chi connectivity index (χ1) is 12.2. The fraction of sp³-hybridized carbons (Fsp3) is 0.389. The van der Waals surface area contributed by atoms with Gasteiger partial charge < -0.3 is 15.0 Å². The summed E-state index contributed by atoms with van der Waals surface area (Å²) in [5.41, 5.74) is 1.60. The lowest BCUT2D eigenvalue weighted by Gasteiger charge is -2.32. The van der Waals surface area contributed by atoms with E-state index in [4.69, 9.17) is 4.74 Å². The third kappa shape index (κ3) is 4.43.